The molecule has 1 unspecified atom stereocenters. The lowest BCUT2D eigenvalue weighted by molar-refractivity contribution is -0.114. The Morgan fingerprint density at radius 3 is 2.42 bits per heavy atom. The average molecular weight is 525 g/mol. The average Bonchev–Trinajstić information content (AvgIpc) is 2.94. The molecule has 1 heterocycles. The molecule has 210 valence electrons. The van der Waals surface area contributed by atoms with Gasteiger partial charge in [-0.1, -0.05) is 38.5 Å². The lowest BCUT2D eigenvalue weighted by Crippen LogP contribution is -2.44. The molecule has 0 radical (unpaired) electrons. The maximum absolute atomic E-state index is 11.4. The molecule has 38 heavy (non-hydrogen) atoms. The minimum atomic E-state index is -0.451. The van der Waals surface area contributed by atoms with Crippen LogP contribution in [0.15, 0.2) is 76.7 Å². The molecule has 2 rings (SSSR count). The first-order chi connectivity index (χ1) is 18.2. The Morgan fingerprint density at radius 2 is 1.89 bits per heavy atom. The zero-order valence-electron chi connectivity index (χ0n) is 24.7. The molecule has 0 aromatic heterocycles. The van der Waals surface area contributed by atoms with E-state index in [4.69, 9.17) is 15.2 Å². The second-order valence-corrected chi connectivity index (χ2v) is 9.12. The van der Waals surface area contributed by atoms with Gasteiger partial charge in [-0.25, -0.2) is 4.99 Å². The summed E-state index contributed by atoms with van der Waals surface area (Å²) in [5.41, 5.74) is 9.31. The molecule has 1 aromatic carbocycles. The van der Waals surface area contributed by atoms with Crippen molar-refractivity contribution in [1.82, 2.24) is 4.90 Å². The first-order valence-corrected chi connectivity index (χ1v) is 13.5. The molecular formula is C31H48N4O3. The Balaban J connectivity index is 0.000000389. The Kier molecular flexibility index (Phi) is 15.5. The van der Waals surface area contributed by atoms with Crippen molar-refractivity contribution in [2.24, 2.45) is 10.7 Å². The second-order valence-electron chi connectivity index (χ2n) is 9.12. The van der Waals surface area contributed by atoms with Gasteiger partial charge in [0.15, 0.2) is 0 Å². The zero-order valence-corrected chi connectivity index (χ0v) is 24.7. The summed E-state index contributed by atoms with van der Waals surface area (Å²) in [6.07, 6.45) is 12.9. The van der Waals surface area contributed by atoms with Gasteiger partial charge in [-0.3, -0.25) is 4.79 Å². The molecule has 1 aromatic rings. The van der Waals surface area contributed by atoms with E-state index in [1.54, 1.807) is 19.4 Å². The summed E-state index contributed by atoms with van der Waals surface area (Å²) >= 11 is 0. The van der Waals surface area contributed by atoms with Gasteiger partial charge >= 0.3 is 0 Å². The lowest BCUT2D eigenvalue weighted by Gasteiger charge is -2.33. The number of ether oxygens (including phenoxy) is 2. The van der Waals surface area contributed by atoms with E-state index in [1.165, 1.54) is 5.70 Å². The number of benzene rings is 1. The summed E-state index contributed by atoms with van der Waals surface area (Å²) < 4.78 is 10.8. The van der Waals surface area contributed by atoms with Crippen molar-refractivity contribution in [2.75, 3.05) is 31.7 Å². The number of hydrogen-bond donors (Lipinski definition) is 1. The SMILES string of the molecule is C/C=C\N(/C(C)=C/CC)c1ccc(OC)cc1.CC/C(C)=C/C(=C\N=C(C)N1CCOC(CC)C1)C(N)=O. The van der Waals surface area contributed by atoms with E-state index in [0.29, 0.717) is 12.2 Å². The van der Waals surface area contributed by atoms with E-state index < -0.39 is 5.91 Å². The van der Waals surface area contributed by atoms with Gasteiger partial charge in [0, 0.05) is 36.9 Å². The highest BCUT2D eigenvalue weighted by atomic mass is 16.5. The Bertz CT molecular complexity index is 1010. The van der Waals surface area contributed by atoms with Gasteiger partial charge in [0.05, 0.1) is 25.4 Å². The van der Waals surface area contributed by atoms with E-state index in [0.717, 1.165) is 55.2 Å². The van der Waals surface area contributed by atoms with Crippen LogP contribution in [0.1, 0.15) is 67.7 Å². The molecule has 0 aliphatic carbocycles. The molecule has 0 saturated carbocycles. The van der Waals surface area contributed by atoms with Crippen molar-refractivity contribution in [2.45, 2.75) is 73.8 Å². The number of allylic oxidation sites excluding steroid dienone is 4. The third kappa shape index (κ3) is 11.4. The highest BCUT2D eigenvalue weighted by Gasteiger charge is 2.19. The minimum Gasteiger partial charge on any atom is -0.497 e. The molecular weight excluding hydrogens is 476 g/mol. The quantitative estimate of drug-likeness (QED) is 0.162. The number of nitrogens with zero attached hydrogens (tertiary/aromatic N) is 3. The number of aliphatic imine (C=N–C) groups is 1. The van der Waals surface area contributed by atoms with E-state index in [-0.39, 0.29) is 6.10 Å². The fraction of sp³-hybridized carbons (Fsp3) is 0.484. The van der Waals surface area contributed by atoms with Gasteiger partial charge in [0.25, 0.3) is 0 Å². The Labute approximate surface area is 230 Å². The summed E-state index contributed by atoms with van der Waals surface area (Å²) in [4.78, 5) is 20.2. The first-order valence-electron chi connectivity index (χ1n) is 13.5. The number of carbonyl (C=O) groups is 1. The van der Waals surface area contributed by atoms with Crippen LogP contribution >= 0.6 is 0 Å². The van der Waals surface area contributed by atoms with Crippen molar-refractivity contribution in [3.63, 3.8) is 0 Å². The maximum Gasteiger partial charge on any atom is 0.250 e. The van der Waals surface area contributed by atoms with Crippen molar-refractivity contribution < 1.29 is 14.3 Å². The fourth-order valence-corrected chi connectivity index (χ4v) is 3.74. The number of carbonyl (C=O) groups excluding carboxylic acids is 1. The van der Waals surface area contributed by atoms with Gasteiger partial charge in [-0.05, 0) is 77.3 Å². The smallest absolute Gasteiger partial charge is 0.250 e. The largest absolute Gasteiger partial charge is 0.497 e. The van der Waals surface area contributed by atoms with Gasteiger partial charge in [-0.15, -0.1) is 0 Å². The third-order valence-electron chi connectivity index (χ3n) is 6.21. The number of morpholine rings is 1. The predicted octanol–water partition coefficient (Wildman–Crippen LogP) is 6.59. The van der Waals surface area contributed by atoms with E-state index in [1.807, 2.05) is 45.9 Å². The molecule has 0 spiro atoms. The lowest BCUT2D eigenvalue weighted by atomic mass is 10.1. The monoisotopic (exact) mass is 524 g/mol. The van der Waals surface area contributed by atoms with Gasteiger partial charge in [0.2, 0.25) is 5.91 Å². The number of nitrogens with two attached hydrogens (primary N) is 1. The van der Waals surface area contributed by atoms with Crippen LogP contribution in [-0.4, -0.2) is 49.6 Å². The Morgan fingerprint density at radius 1 is 1.21 bits per heavy atom. The van der Waals surface area contributed by atoms with E-state index in [2.05, 4.69) is 60.0 Å². The van der Waals surface area contributed by atoms with Crippen LogP contribution in [0.3, 0.4) is 0 Å². The number of amidine groups is 1. The van der Waals surface area contributed by atoms with Crippen LogP contribution in [0.4, 0.5) is 5.69 Å². The number of hydrogen-bond acceptors (Lipinski definition) is 5. The van der Waals surface area contributed by atoms with E-state index in [9.17, 15) is 4.79 Å². The van der Waals surface area contributed by atoms with Crippen LogP contribution < -0.4 is 15.4 Å². The molecule has 7 nitrogen and oxygen atoms in total. The van der Waals surface area contributed by atoms with Crippen LogP contribution in [-0.2, 0) is 9.53 Å². The molecule has 0 bridgehead atoms. The maximum atomic E-state index is 11.4. The Hall–Kier alpha value is -3.32. The normalized spacial score (nSPS) is 17.3. The summed E-state index contributed by atoms with van der Waals surface area (Å²) in [6.45, 7) is 16.7. The molecule has 1 aliphatic rings. The van der Waals surface area contributed by atoms with Crippen LogP contribution in [0.25, 0.3) is 0 Å². The zero-order chi connectivity index (χ0) is 28.5. The second kappa shape index (κ2) is 18.0. The van der Waals surface area contributed by atoms with Gasteiger partial charge in [-0.2, -0.15) is 0 Å². The van der Waals surface area contributed by atoms with Crippen molar-refractivity contribution >= 4 is 17.4 Å². The third-order valence-corrected chi connectivity index (χ3v) is 6.21. The van der Waals surface area contributed by atoms with Crippen molar-refractivity contribution in [3.05, 3.63) is 71.7 Å². The molecule has 1 aliphatic heterocycles. The van der Waals surface area contributed by atoms with Crippen LogP contribution in [0.2, 0.25) is 0 Å². The standard InChI is InChI=1S/C16H27N3O2.C15H21NO/c1-5-12(3)9-14(16(17)20)10-18-13(4)19-7-8-21-15(6-2)11-19;1-5-7-13(3)16(12-6-2)14-8-10-15(17-4)11-9-14/h9-10,15H,5-8,11H2,1-4H3,(H2,17,20);6-12H,5H2,1-4H3/b12-9+,14-10+,18-13?;12-6-,13-7+. The molecule has 7 heteroatoms. The number of anilines is 1. The first kappa shape index (κ1) is 32.7. The van der Waals surface area contributed by atoms with Crippen molar-refractivity contribution in [3.8, 4) is 5.75 Å². The molecule has 1 fully saturated rings. The topological polar surface area (TPSA) is 80.4 Å². The number of amides is 1. The highest BCUT2D eigenvalue weighted by Crippen LogP contribution is 2.23. The fourth-order valence-electron chi connectivity index (χ4n) is 3.74. The summed E-state index contributed by atoms with van der Waals surface area (Å²) in [5.74, 6) is 1.32. The summed E-state index contributed by atoms with van der Waals surface area (Å²) in [6, 6.07) is 8.08. The molecule has 1 amide bonds. The summed E-state index contributed by atoms with van der Waals surface area (Å²) in [7, 11) is 1.68. The number of primary amides is 1. The molecule has 1 atom stereocenters. The predicted molar refractivity (Wildman–Crippen MR) is 160 cm³/mol. The molecule has 2 N–H and O–H groups in total. The number of methoxy groups -OCH3 is 1. The number of rotatable bonds is 10. The van der Waals surface area contributed by atoms with Crippen molar-refractivity contribution in [1.29, 1.82) is 0 Å². The van der Waals surface area contributed by atoms with Gasteiger partial charge < -0.3 is 25.0 Å². The molecule has 1 saturated heterocycles. The highest BCUT2D eigenvalue weighted by molar-refractivity contribution is 5.95. The van der Waals surface area contributed by atoms with Crippen LogP contribution in [0, 0.1) is 0 Å². The van der Waals surface area contributed by atoms with Crippen LogP contribution in [0.5, 0.6) is 5.75 Å². The van der Waals surface area contributed by atoms with E-state index >= 15 is 0 Å². The summed E-state index contributed by atoms with van der Waals surface area (Å²) in [5, 5.41) is 0. The minimum absolute atomic E-state index is 0.255. The van der Waals surface area contributed by atoms with Gasteiger partial charge in [0.1, 0.15) is 11.6 Å².